The second kappa shape index (κ2) is 5.83. The van der Waals surface area contributed by atoms with Gasteiger partial charge in [-0.25, -0.2) is 0 Å². The first kappa shape index (κ1) is 10.1. The monoisotopic (exact) mass is 152 g/mol. The predicted molar refractivity (Wildman–Crippen MR) is 51.6 cm³/mol. The molecule has 0 aromatic rings. The molecule has 0 bridgehead atoms. The van der Waals surface area contributed by atoms with Crippen LogP contribution in [0.25, 0.3) is 0 Å². The quantitative estimate of drug-likeness (QED) is 0.553. The van der Waals surface area contributed by atoms with Crippen molar-refractivity contribution < 1.29 is 0 Å². The molecule has 0 N–H and O–H groups in total. The van der Waals surface area contributed by atoms with Gasteiger partial charge in [0, 0.05) is 18.5 Å². The number of nitrogens with zero attached hydrogens (tertiary/aromatic N) is 2. The van der Waals surface area contributed by atoms with Crippen molar-refractivity contribution in [2.45, 2.75) is 27.2 Å². The summed E-state index contributed by atoms with van der Waals surface area (Å²) in [5.41, 5.74) is 2.24. The van der Waals surface area contributed by atoms with Gasteiger partial charge in [-0.15, -0.1) is 0 Å². The molecule has 0 spiro atoms. The molecule has 0 rings (SSSR count). The van der Waals surface area contributed by atoms with E-state index >= 15 is 0 Å². The zero-order valence-electron chi connectivity index (χ0n) is 7.59. The molecule has 0 heterocycles. The Morgan fingerprint density at radius 3 is 2.45 bits per heavy atom. The Morgan fingerprint density at radius 1 is 1.45 bits per heavy atom. The van der Waals surface area contributed by atoms with Crippen molar-refractivity contribution in [1.29, 1.82) is 0 Å². The normalized spacial score (nSPS) is 13.4. The second-order valence-corrected chi connectivity index (χ2v) is 2.25. The van der Waals surface area contributed by atoms with Crippen LogP contribution in [0.5, 0.6) is 0 Å². The van der Waals surface area contributed by atoms with E-state index in [4.69, 9.17) is 0 Å². The Morgan fingerprint density at radius 2 is 2.09 bits per heavy atom. The van der Waals surface area contributed by atoms with E-state index in [-0.39, 0.29) is 0 Å². The van der Waals surface area contributed by atoms with E-state index in [0.717, 1.165) is 18.7 Å². The third kappa shape index (κ3) is 3.71. The lowest BCUT2D eigenvalue weighted by Gasteiger charge is -2.00. The van der Waals surface area contributed by atoms with Crippen molar-refractivity contribution in [3.05, 3.63) is 11.8 Å². The molecule has 62 valence electrons. The first-order valence-electron chi connectivity index (χ1n) is 3.92. The van der Waals surface area contributed by atoms with E-state index in [1.54, 1.807) is 6.20 Å². The summed E-state index contributed by atoms with van der Waals surface area (Å²) in [4.78, 5) is 7.99. The molecule has 0 amide bonds. The van der Waals surface area contributed by atoms with E-state index in [0.29, 0.717) is 0 Å². The fourth-order valence-corrected chi connectivity index (χ4v) is 0.889. The van der Waals surface area contributed by atoms with Crippen LogP contribution in [0.2, 0.25) is 0 Å². The standard InChI is InChI=1S/C9H16N2/c1-5-9(7-10-4)8(3)11-6-2/h7H,4-6H2,1-3H3/b9-7-,11-8-. The Balaban J connectivity index is 4.37. The minimum absolute atomic E-state index is 0.834. The summed E-state index contributed by atoms with van der Waals surface area (Å²) in [5, 5.41) is 0. The van der Waals surface area contributed by atoms with Crippen LogP contribution < -0.4 is 0 Å². The Kier molecular flexibility index (Phi) is 5.35. The maximum atomic E-state index is 4.27. The summed E-state index contributed by atoms with van der Waals surface area (Å²) >= 11 is 0. The van der Waals surface area contributed by atoms with Crippen LogP contribution in [-0.4, -0.2) is 19.0 Å². The molecule has 0 aromatic heterocycles. The number of allylic oxidation sites excluding steroid dienone is 1. The van der Waals surface area contributed by atoms with E-state index in [1.807, 2.05) is 13.8 Å². The van der Waals surface area contributed by atoms with Crippen molar-refractivity contribution in [2.75, 3.05) is 6.54 Å². The summed E-state index contributed by atoms with van der Waals surface area (Å²) in [6.07, 6.45) is 2.74. The number of hydrogen-bond acceptors (Lipinski definition) is 2. The van der Waals surface area contributed by atoms with Gasteiger partial charge in [0.15, 0.2) is 0 Å². The van der Waals surface area contributed by atoms with Crippen molar-refractivity contribution >= 4 is 12.4 Å². The molecule has 0 fully saturated rings. The van der Waals surface area contributed by atoms with Crippen molar-refractivity contribution in [1.82, 2.24) is 0 Å². The topological polar surface area (TPSA) is 24.7 Å². The third-order valence-corrected chi connectivity index (χ3v) is 1.49. The predicted octanol–water partition coefficient (Wildman–Crippen LogP) is 2.46. The zero-order valence-corrected chi connectivity index (χ0v) is 7.59. The van der Waals surface area contributed by atoms with Gasteiger partial charge in [-0.2, -0.15) is 0 Å². The van der Waals surface area contributed by atoms with Crippen LogP contribution in [0.4, 0.5) is 0 Å². The molecule has 0 aliphatic rings. The molecule has 0 saturated heterocycles. The zero-order chi connectivity index (χ0) is 8.69. The molecule has 0 aromatic carbocycles. The highest BCUT2D eigenvalue weighted by Gasteiger charge is 1.95. The van der Waals surface area contributed by atoms with Crippen LogP contribution in [0.15, 0.2) is 21.8 Å². The number of rotatable bonds is 4. The van der Waals surface area contributed by atoms with Gasteiger partial charge in [0.1, 0.15) is 0 Å². The minimum Gasteiger partial charge on any atom is -0.290 e. The molecule has 0 aliphatic carbocycles. The summed E-state index contributed by atoms with van der Waals surface area (Å²) in [7, 11) is 0. The Labute approximate surface area is 68.8 Å². The fraction of sp³-hybridized carbons (Fsp3) is 0.556. The first-order chi connectivity index (χ1) is 5.26. The van der Waals surface area contributed by atoms with Gasteiger partial charge in [-0.1, -0.05) is 6.92 Å². The van der Waals surface area contributed by atoms with Gasteiger partial charge < -0.3 is 0 Å². The Bertz CT molecular complexity index is 178. The SMILES string of the molecule is C=N/C=C(CC)\C(C)=N/CC. The van der Waals surface area contributed by atoms with E-state index < -0.39 is 0 Å². The minimum atomic E-state index is 0.834. The van der Waals surface area contributed by atoms with E-state index in [2.05, 4.69) is 23.6 Å². The van der Waals surface area contributed by atoms with Crippen LogP contribution in [-0.2, 0) is 0 Å². The first-order valence-corrected chi connectivity index (χ1v) is 3.92. The largest absolute Gasteiger partial charge is 0.290 e. The van der Waals surface area contributed by atoms with Crippen molar-refractivity contribution in [3.63, 3.8) is 0 Å². The van der Waals surface area contributed by atoms with Gasteiger partial charge in [-0.3, -0.25) is 9.98 Å². The molecular formula is C9H16N2. The van der Waals surface area contributed by atoms with Gasteiger partial charge in [0.05, 0.1) is 0 Å². The average molecular weight is 152 g/mol. The van der Waals surface area contributed by atoms with Gasteiger partial charge >= 0.3 is 0 Å². The van der Waals surface area contributed by atoms with Crippen molar-refractivity contribution in [3.8, 4) is 0 Å². The van der Waals surface area contributed by atoms with Gasteiger partial charge in [-0.05, 0) is 32.6 Å². The second-order valence-electron chi connectivity index (χ2n) is 2.25. The maximum Gasteiger partial charge on any atom is 0.0364 e. The fourth-order valence-electron chi connectivity index (χ4n) is 0.889. The lowest BCUT2D eigenvalue weighted by Crippen LogP contribution is -1.96. The number of hydrogen-bond donors (Lipinski definition) is 0. The van der Waals surface area contributed by atoms with E-state index in [1.165, 1.54) is 5.57 Å². The molecule has 2 nitrogen and oxygen atoms in total. The average Bonchev–Trinajstić information content (AvgIpc) is 2.00. The molecular weight excluding hydrogens is 136 g/mol. The highest BCUT2D eigenvalue weighted by molar-refractivity contribution is 5.98. The summed E-state index contributed by atoms with van der Waals surface area (Å²) < 4.78 is 0. The molecule has 0 aliphatic heterocycles. The van der Waals surface area contributed by atoms with Gasteiger partial charge in [0.2, 0.25) is 0 Å². The maximum absolute atomic E-state index is 4.27. The van der Waals surface area contributed by atoms with Crippen LogP contribution in [0, 0.1) is 0 Å². The van der Waals surface area contributed by atoms with E-state index in [9.17, 15) is 0 Å². The Hall–Kier alpha value is -0.920. The molecule has 0 unspecified atom stereocenters. The molecule has 2 heteroatoms. The molecule has 0 saturated carbocycles. The molecule has 0 atom stereocenters. The highest BCUT2D eigenvalue weighted by atomic mass is 14.7. The van der Waals surface area contributed by atoms with Crippen molar-refractivity contribution in [2.24, 2.45) is 9.98 Å². The third-order valence-electron chi connectivity index (χ3n) is 1.49. The summed E-state index contributed by atoms with van der Waals surface area (Å²) in [6, 6.07) is 0. The van der Waals surface area contributed by atoms with Crippen LogP contribution >= 0.6 is 0 Å². The smallest absolute Gasteiger partial charge is 0.0364 e. The number of aliphatic imine (C=N–C) groups is 2. The lowest BCUT2D eigenvalue weighted by molar-refractivity contribution is 1.09. The van der Waals surface area contributed by atoms with Crippen LogP contribution in [0.1, 0.15) is 27.2 Å². The summed E-state index contributed by atoms with van der Waals surface area (Å²) in [5.74, 6) is 0. The van der Waals surface area contributed by atoms with Crippen LogP contribution in [0.3, 0.4) is 0 Å². The summed E-state index contributed by atoms with van der Waals surface area (Å²) in [6.45, 7) is 10.4. The van der Waals surface area contributed by atoms with Gasteiger partial charge in [0.25, 0.3) is 0 Å². The lowest BCUT2D eigenvalue weighted by atomic mass is 10.1. The molecule has 11 heavy (non-hydrogen) atoms. The molecule has 0 radical (unpaired) electrons. The highest BCUT2D eigenvalue weighted by Crippen LogP contribution is 2.03.